The first-order chi connectivity index (χ1) is 12.9. The molecule has 10 nitrogen and oxygen atoms in total. The van der Waals surface area contributed by atoms with Gasteiger partial charge in [0.25, 0.3) is 11.4 Å². The Balaban J connectivity index is 1.84. The zero-order valence-corrected chi connectivity index (χ0v) is 14.1. The number of methoxy groups -OCH3 is 1. The monoisotopic (exact) mass is 371 g/mol. The van der Waals surface area contributed by atoms with E-state index in [9.17, 15) is 25.0 Å². The minimum Gasteiger partial charge on any atom is -0.497 e. The van der Waals surface area contributed by atoms with Gasteiger partial charge in [0, 0.05) is 17.7 Å². The van der Waals surface area contributed by atoms with E-state index in [1.165, 1.54) is 0 Å². The second kappa shape index (κ2) is 7.20. The number of hydrogen-bond acceptors (Lipinski definition) is 8. The molecule has 0 saturated heterocycles. The molecule has 0 spiro atoms. The van der Waals surface area contributed by atoms with E-state index in [1.807, 2.05) is 6.07 Å². The zero-order valence-electron chi connectivity index (χ0n) is 14.1. The first kappa shape index (κ1) is 18.0. The molecule has 1 aliphatic carbocycles. The third-order valence-corrected chi connectivity index (χ3v) is 4.05. The molecule has 3 rings (SSSR count). The molecule has 0 bridgehead atoms. The zero-order chi connectivity index (χ0) is 19.6. The fraction of sp³-hybridized carbons (Fsp3) is 0.176. The maximum Gasteiger partial charge on any atom is 0.366 e. The minimum absolute atomic E-state index is 0.326. The van der Waals surface area contributed by atoms with Crippen molar-refractivity contribution in [3.63, 3.8) is 0 Å². The predicted molar refractivity (Wildman–Crippen MR) is 93.0 cm³/mol. The van der Waals surface area contributed by atoms with Crippen molar-refractivity contribution in [2.24, 2.45) is 5.16 Å². The Bertz CT molecular complexity index is 952. The van der Waals surface area contributed by atoms with Crippen molar-refractivity contribution in [3.05, 3.63) is 73.3 Å². The highest BCUT2D eigenvalue weighted by Crippen LogP contribution is 2.27. The molecule has 10 heteroatoms. The van der Waals surface area contributed by atoms with Crippen molar-refractivity contribution >= 4 is 23.1 Å². The van der Waals surface area contributed by atoms with Crippen LogP contribution in [0.1, 0.15) is 27.9 Å². The van der Waals surface area contributed by atoms with Crippen LogP contribution >= 0.6 is 0 Å². The van der Waals surface area contributed by atoms with E-state index in [0.29, 0.717) is 24.3 Å². The Morgan fingerprint density at radius 2 is 1.70 bits per heavy atom. The quantitative estimate of drug-likeness (QED) is 0.448. The molecule has 0 fully saturated rings. The summed E-state index contributed by atoms with van der Waals surface area (Å²) < 4.78 is 5.16. The van der Waals surface area contributed by atoms with Gasteiger partial charge in [-0.15, -0.1) is 0 Å². The molecule has 0 N–H and O–H groups in total. The van der Waals surface area contributed by atoms with Gasteiger partial charge in [-0.2, -0.15) is 0 Å². The van der Waals surface area contributed by atoms with E-state index in [2.05, 4.69) is 5.16 Å². The number of hydrogen-bond donors (Lipinski definition) is 0. The molecule has 27 heavy (non-hydrogen) atoms. The number of ether oxygens (including phenoxy) is 1. The summed E-state index contributed by atoms with van der Waals surface area (Å²) in [6.07, 6.45) is 1.25. The molecule has 1 aliphatic rings. The van der Waals surface area contributed by atoms with Crippen molar-refractivity contribution < 1.29 is 24.2 Å². The van der Waals surface area contributed by atoms with Gasteiger partial charge >= 0.3 is 5.97 Å². The largest absolute Gasteiger partial charge is 0.497 e. The van der Waals surface area contributed by atoms with Crippen LogP contribution in [0.2, 0.25) is 0 Å². The van der Waals surface area contributed by atoms with Crippen LogP contribution in [-0.2, 0) is 11.3 Å². The molecule has 138 valence electrons. The number of carbonyl (C=O) groups is 1. The molecule has 0 amide bonds. The van der Waals surface area contributed by atoms with Crippen LogP contribution < -0.4 is 4.74 Å². The lowest BCUT2D eigenvalue weighted by Gasteiger charge is -2.04. The number of non-ortho nitro benzene ring substituents is 2. The summed E-state index contributed by atoms with van der Waals surface area (Å²) in [5.74, 6) is -0.313. The summed E-state index contributed by atoms with van der Waals surface area (Å²) in [5.41, 5.74) is 0.863. The van der Waals surface area contributed by atoms with Gasteiger partial charge in [-0.25, -0.2) is 4.79 Å². The van der Waals surface area contributed by atoms with Crippen LogP contribution in [0.3, 0.4) is 0 Å². The Kier molecular flexibility index (Phi) is 4.79. The van der Waals surface area contributed by atoms with Crippen molar-refractivity contribution in [1.82, 2.24) is 0 Å². The topological polar surface area (TPSA) is 134 Å². The standard InChI is InChI=1S/C17H13N3O7/c1-26-14-3-4-15-10(8-14)2-5-16(15)18-27-17(21)11-6-12(19(22)23)9-13(7-11)20(24)25/h3-4,6-9H,2,5H2,1H3/b18-16-. The van der Waals surface area contributed by atoms with Gasteiger partial charge in [0.15, 0.2) is 0 Å². The van der Waals surface area contributed by atoms with E-state index < -0.39 is 27.2 Å². The maximum atomic E-state index is 12.2. The van der Waals surface area contributed by atoms with Crippen LogP contribution in [0.5, 0.6) is 5.75 Å². The third kappa shape index (κ3) is 3.73. The number of carbonyl (C=O) groups excluding carboxylic acids is 1. The van der Waals surface area contributed by atoms with E-state index in [-0.39, 0.29) is 5.56 Å². The molecule has 0 saturated carbocycles. The van der Waals surface area contributed by atoms with Crippen molar-refractivity contribution in [2.45, 2.75) is 12.8 Å². The van der Waals surface area contributed by atoms with Gasteiger partial charge < -0.3 is 9.57 Å². The van der Waals surface area contributed by atoms with Crippen molar-refractivity contribution in [3.8, 4) is 5.75 Å². The third-order valence-electron chi connectivity index (χ3n) is 4.05. The van der Waals surface area contributed by atoms with Crippen LogP contribution in [0.4, 0.5) is 11.4 Å². The van der Waals surface area contributed by atoms with E-state index in [1.54, 1.807) is 19.2 Å². The molecule has 2 aromatic carbocycles. The Labute approximate surface area is 152 Å². The van der Waals surface area contributed by atoms with Gasteiger partial charge in [0.05, 0.1) is 34.3 Å². The number of benzene rings is 2. The van der Waals surface area contributed by atoms with Crippen LogP contribution in [0.15, 0.2) is 41.6 Å². The first-order valence-corrected chi connectivity index (χ1v) is 7.78. The summed E-state index contributed by atoms with van der Waals surface area (Å²) >= 11 is 0. The van der Waals surface area contributed by atoms with Crippen molar-refractivity contribution in [2.75, 3.05) is 7.11 Å². The molecule has 0 aliphatic heterocycles. The van der Waals surface area contributed by atoms with Gasteiger partial charge in [-0.3, -0.25) is 20.2 Å². The van der Waals surface area contributed by atoms with E-state index >= 15 is 0 Å². The summed E-state index contributed by atoms with van der Waals surface area (Å²) in [4.78, 5) is 37.2. The van der Waals surface area contributed by atoms with Gasteiger partial charge in [0.1, 0.15) is 5.75 Å². The Morgan fingerprint density at radius 3 is 2.30 bits per heavy atom. The smallest absolute Gasteiger partial charge is 0.366 e. The van der Waals surface area contributed by atoms with Crippen LogP contribution in [-0.4, -0.2) is 28.6 Å². The van der Waals surface area contributed by atoms with Gasteiger partial charge in [-0.05, 0) is 36.6 Å². The van der Waals surface area contributed by atoms with Crippen LogP contribution in [0.25, 0.3) is 0 Å². The first-order valence-electron chi connectivity index (χ1n) is 7.78. The average molecular weight is 371 g/mol. The molecule has 0 unspecified atom stereocenters. The van der Waals surface area contributed by atoms with E-state index in [4.69, 9.17) is 9.57 Å². The molecule has 0 radical (unpaired) electrons. The molecule has 2 aromatic rings. The summed E-state index contributed by atoms with van der Waals surface area (Å²) in [5, 5.41) is 25.6. The Hall–Kier alpha value is -3.82. The lowest BCUT2D eigenvalue weighted by molar-refractivity contribution is -0.394. The van der Waals surface area contributed by atoms with E-state index in [0.717, 1.165) is 29.3 Å². The molecular weight excluding hydrogens is 358 g/mol. The highest BCUT2D eigenvalue weighted by atomic mass is 16.7. The number of aryl methyl sites for hydroxylation is 1. The summed E-state index contributed by atoms with van der Waals surface area (Å²) in [6.45, 7) is 0. The highest BCUT2D eigenvalue weighted by Gasteiger charge is 2.23. The van der Waals surface area contributed by atoms with Crippen molar-refractivity contribution in [1.29, 1.82) is 0 Å². The fourth-order valence-electron chi connectivity index (χ4n) is 2.74. The minimum atomic E-state index is -1.02. The number of nitro groups is 2. The predicted octanol–water partition coefficient (Wildman–Crippen LogP) is 3.02. The van der Waals surface area contributed by atoms with Gasteiger partial charge in [0.2, 0.25) is 0 Å². The number of fused-ring (bicyclic) bond motifs is 1. The highest BCUT2D eigenvalue weighted by molar-refractivity contribution is 6.05. The number of rotatable bonds is 5. The van der Waals surface area contributed by atoms with Crippen LogP contribution in [0, 0.1) is 20.2 Å². The average Bonchev–Trinajstić information content (AvgIpc) is 3.07. The number of oxime groups is 1. The normalized spacial score (nSPS) is 13.9. The molecule has 0 aromatic heterocycles. The second-order valence-electron chi connectivity index (χ2n) is 5.69. The molecular formula is C17H13N3O7. The second-order valence-corrected chi connectivity index (χ2v) is 5.69. The van der Waals surface area contributed by atoms with Gasteiger partial charge in [-0.1, -0.05) is 5.16 Å². The lowest BCUT2D eigenvalue weighted by Crippen LogP contribution is -2.06. The SMILES string of the molecule is COc1ccc2c(c1)CC/C2=N/OC(=O)c1cc([N+](=O)[O-])cc([N+](=O)[O-])c1. The number of nitrogens with zero attached hydrogens (tertiary/aromatic N) is 3. The maximum absolute atomic E-state index is 12.2. The summed E-state index contributed by atoms with van der Waals surface area (Å²) in [6, 6.07) is 8.00. The Morgan fingerprint density at radius 1 is 1.04 bits per heavy atom. The fourth-order valence-corrected chi connectivity index (χ4v) is 2.74. The lowest BCUT2D eigenvalue weighted by atomic mass is 10.1. The number of nitro benzene ring substituents is 2. The molecule has 0 atom stereocenters. The summed E-state index contributed by atoms with van der Waals surface area (Å²) in [7, 11) is 1.56. The molecule has 0 heterocycles.